The molecule has 1 heterocycles. The predicted octanol–water partition coefficient (Wildman–Crippen LogP) is 2.98. The molecular weight excluding hydrogens is 146 g/mol. The van der Waals surface area contributed by atoms with Gasteiger partial charge in [-0.1, -0.05) is 24.3 Å². The number of hydrogen-bond acceptors (Lipinski definition) is 1. The van der Waals surface area contributed by atoms with Crippen LogP contribution in [0.5, 0.6) is 0 Å². The lowest BCUT2D eigenvalue weighted by Gasteiger charge is -1.95. The average Bonchev–Trinajstić information content (AvgIpc) is 2.09. The molecule has 1 rings (SSSR count). The molecular formula is C11H13N. The molecule has 0 unspecified atom stereocenters. The Morgan fingerprint density at radius 2 is 2.17 bits per heavy atom. The SMILES string of the molecule is CC=C/C=C\c1ncccc1C. The van der Waals surface area contributed by atoms with E-state index in [1.54, 1.807) is 0 Å². The Labute approximate surface area is 73.5 Å². The van der Waals surface area contributed by atoms with Gasteiger partial charge < -0.3 is 0 Å². The fraction of sp³-hybridized carbons (Fsp3) is 0.182. The maximum atomic E-state index is 4.23. The van der Waals surface area contributed by atoms with Crippen molar-refractivity contribution in [2.75, 3.05) is 0 Å². The molecule has 0 bridgehead atoms. The van der Waals surface area contributed by atoms with E-state index in [4.69, 9.17) is 0 Å². The monoisotopic (exact) mass is 159 g/mol. The van der Waals surface area contributed by atoms with Crippen LogP contribution < -0.4 is 0 Å². The molecule has 1 aromatic heterocycles. The van der Waals surface area contributed by atoms with Crippen LogP contribution >= 0.6 is 0 Å². The highest BCUT2D eigenvalue weighted by Crippen LogP contribution is 2.04. The Morgan fingerprint density at radius 1 is 1.33 bits per heavy atom. The molecule has 0 aliphatic carbocycles. The summed E-state index contributed by atoms with van der Waals surface area (Å²) in [5.41, 5.74) is 2.24. The summed E-state index contributed by atoms with van der Waals surface area (Å²) in [5, 5.41) is 0. The first-order chi connectivity index (χ1) is 5.84. The van der Waals surface area contributed by atoms with E-state index >= 15 is 0 Å². The van der Waals surface area contributed by atoms with Crippen molar-refractivity contribution in [3.05, 3.63) is 47.8 Å². The van der Waals surface area contributed by atoms with Gasteiger partial charge in [0.15, 0.2) is 0 Å². The topological polar surface area (TPSA) is 12.9 Å². The Balaban J connectivity index is 2.82. The lowest BCUT2D eigenvalue weighted by molar-refractivity contribution is 1.24. The summed E-state index contributed by atoms with van der Waals surface area (Å²) in [6.07, 6.45) is 9.80. The highest BCUT2D eigenvalue weighted by Gasteiger charge is 1.90. The predicted molar refractivity (Wildman–Crippen MR) is 52.8 cm³/mol. The summed E-state index contributed by atoms with van der Waals surface area (Å²) >= 11 is 0. The Morgan fingerprint density at radius 3 is 2.83 bits per heavy atom. The zero-order valence-electron chi connectivity index (χ0n) is 7.49. The summed E-state index contributed by atoms with van der Waals surface area (Å²) in [4.78, 5) is 4.23. The molecule has 0 saturated heterocycles. The molecule has 0 amide bonds. The third-order valence-electron chi connectivity index (χ3n) is 1.61. The molecule has 12 heavy (non-hydrogen) atoms. The summed E-state index contributed by atoms with van der Waals surface area (Å²) in [7, 11) is 0. The first-order valence-electron chi connectivity index (χ1n) is 4.05. The van der Waals surface area contributed by atoms with Crippen LogP contribution in [0.3, 0.4) is 0 Å². The van der Waals surface area contributed by atoms with Crippen LogP contribution in [-0.2, 0) is 0 Å². The fourth-order valence-corrected chi connectivity index (χ4v) is 0.930. The van der Waals surface area contributed by atoms with Gasteiger partial charge in [0.2, 0.25) is 0 Å². The van der Waals surface area contributed by atoms with Crippen molar-refractivity contribution in [3.63, 3.8) is 0 Å². The molecule has 0 aliphatic heterocycles. The maximum absolute atomic E-state index is 4.23. The number of nitrogens with zero attached hydrogens (tertiary/aromatic N) is 1. The summed E-state index contributed by atoms with van der Waals surface area (Å²) in [5.74, 6) is 0. The molecule has 0 radical (unpaired) electrons. The van der Waals surface area contributed by atoms with E-state index in [0.29, 0.717) is 0 Å². The van der Waals surface area contributed by atoms with Crippen LogP contribution in [-0.4, -0.2) is 4.98 Å². The van der Waals surface area contributed by atoms with Crippen LogP contribution in [0, 0.1) is 6.92 Å². The molecule has 1 aromatic rings. The summed E-state index contributed by atoms with van der Waals surface area (Å²) < 4.78 is 0. The lowest BCUT2D eigenvalue weighted by Crippen LogP contribution is -1.83. The quantitative estimate of drug-likeness (QED) is 0.604. The van der Waals surface area contributed by atoms with Crippen LogP contribution in [0.1, 0.15) is 18.2 Å². The number of pyridine rings is 1. The van der Waals surface area contributed by atoms with E-state index in [-0.39, 0.29) is 0 Å². The Kier molecular flexibility index (Phi) is 3.27. The summed E-state index contributed by atoms with van der Waals surface area (Å²) in [6.45, 7) is 4.05. The fourth-order valence-electron chi connectivity index (χ4n) is 0.930. The molecule has 1 nitrogen and oxygen atoms in total. The van der Waals surface area contributed by atoms with E-state index in [1.165, 1.54) is 5.56 Å². The van der Waals surface area contributed by atoms with Gasteiger partial charge in [-0.05, 0) is 31.6 Å². The van der Waals surface area contributed by atoms with Crippen molar-refractivity contribution in [3.8, 4) is 0 Å². The zero-order chi connectivity index (χ0) is 8.81. The molecule has 0 fully saturated rings. The molecule has 0 aliphatic rings. The number of rotatable bonds is 2. The average molecular weight is 159 g/mol. The van der Waals surface area contributed by atoms with E-state index in [9.17, 15) is 0 Å². The number of aryl methyl sites for hydroxylation is 1. The van der Waals surface area contributed by atoms with Crippen molar-refractivity contribution in [1.29, 1.82) is 0 Å². The van der Waals surface area contributed by atoms with Crippen molar-refractivity contribution < 1.29 is 0 Å². The van der Waals surface area contributed by atoms with Gasteiger partial charge in [-0.3, -0.25) is 4.98 Å². The van der Waals surface area contributed by atoms with Crippen LogP contribution in [0.15, 0.2) is 36.6 Å². The van der Waals surface area contributed by atoms with Gasteiger partial charge in [-0.15, -0.1) is 0 Å². The largest absolute Gasteiger partial charge is 0.257 e. The van der Waals surface area contributed by atoms with Gasteiger partial charge in [-0.2, -0.15) is 0 Å². The highest BCUT2D eigenvalue weighted by atomic mass is 14.7. The Bertz CT molecular complexity index is 298. The van der Waals surface area contributed by atoms with Crippen LogP contribution in [0.25, 0.3) is 6.08 Å². The van der Waals surface area contributed by atoms with E-state index in [2.05, 4.69) is 18.0 Å². The second-order valence-electron chi connectivity index (χ2n) is 2.59. The van der Waals surface area contributed by atoms with Crippen LogP contribution in [0.2, 0.25) is 0 Å². The minimum Gasteiger partial charge on any atom is -0.257 e. The third-order valence-corrected chi connectivity index (χ3v) is 1.61. The molecule has 0 spiro atoms. The Hall–Kier alpha value is -1.37. The van der Waals surface area contributed by atoms with Gasteiger partial charge >= 0.3 is 0 Å². The standard InChI is InChI=1S/C11H13N/c1-3-4-5-8-11-10(2)7-6-9-12-11/h3-9H,1-2H3/b4-3?,8-5-. The second-order valence-corrected chi connectivity index (χ2v) is 2.59. The van der Waals surface area contributed by atoms with Gasteiger partial charge in [0.05, 0.1) is 5.69 Å². The first-order valence-corrected chi connectivity index (χ1v) is 4.05. The molecule has 0 atom stereocenters. The van der Waals surface area contributed by atoms with Crippen LogP contribution in [0.4, 0.5) is 0 Å². The molecule has 0 aromatic carbocycles. The number of allylic oxidation sites excluding steroid dienone is 3. The van der Waals surface area contributed by atoms with Gasteiger partial charge in [0.1, 0.15) is 0 Å². The van der Waals surface area contributed by atoms with Crippen molar-refractivity contribution in [2.24, 2.45) is 0 Å². The lowest BCUT2D eigenvalue weighted by atomic mass is 10.2. The molecule has 0 N–H and O–H groups in total. The van der Waals surface area contributed by atoms with Crippen molar-refractivity contribution in [1.82, 2.24) is 4.98 Å². The number of aromatic nitrogens is 1. The minimum atomic E-state index is 1.04. The van der Waals surface area contributed by atoms with Crippen molar-refractivity contribution in [2.45, 2.75) is 13.8 Å². The highest BCUT2D eigenvalue weighted by molar-refractivity contribution is 5.50. The molecule has 0 saturated carbocycles. The molecule has 62 valence electrons. The number of hydrogen-bond donors (Lipinski definition) is 0. The normalized spacial score (nSPS) is 11.5. The maximum Gasteiger partial charge on any atom is 0.0658 e. The smallest absolute Gasteiger partial charge is 0.0658 e. The van der Waals surface area contributed by atoms with Gasteiger partial charge in [0, 0.05) is 6.20 Å². The second kappa shape index (κ2) is 4.50. The van der Waals surface area contributed by atoms with Gasteiger partial charge in [0.25, 0.3) is 0 Å². The third kappa shape index (κ3) is 2.35. The van der Waals surface area contributed by atoms with E-state index < -0.39 is 0 Å². The summed E-state index contributed by atoms with van der Waals surface area (Å²) in [6, 6.07) is 4.00. The zero-order valence-corrected chi connectivity index (χ0v) is 7.49. The first kappa shape index (κ1) is 8.72. The molecule has 1 heteroatoms. The van der Waals surface area contributed by atoms with Gasteiger partial charge in [-0.25, -0.2) is 0 Å². The van der Waals surface area contributed by atoms with E-state index in [0.717, 1.165) is 5.69 Å². The van der Waals surface area contributed by atoms with E-state index in [1.807, 2.05) is 43.5 Å². The van der Waals surface area contributed by atoms with Crippen molar-refractivity contribution >= 4 is 6.08 Å². The minimum absolute atomic E-state index is 1.04.